The predicted octanol–water partition coefficient (Wildman–Crippen LogP) is 5.26. The van der Waals surface area contributed by atoms with Gasteiger partial charge >= 0.3 is 11.9 Å². The van der Waals surface area contributed by atoms with E-state index in [-0.39, 0.29) is 17.7 Å². The molecule has 186 valence electrons. The molecule has 1 amide bonds. The van der Waals surface area contributed by atoms with Crippen molar-refractivity contribution in [1.82, 2.24) is 5.32 Å². The zero-order valence-electron chi connectivity index (χ0n) is 20.1. The molecule has 36 heavy (non-hydrogen) atoms. The van der Waals surface area contributed by atoms with Gasteiger partial charge in [-0.05, 0) is 53.1 Å². The third-order valence-corrected chi connectivity index (χ3v) is 5.39. The molecule has 4 aromatic rings. The molecule has 1 heterocycles. The molecular formula is C28H27NO7. The lowest BCUT2D eigenvalue weighted by molar-refractivity contribution is -0.139. The number of nitrogens with one attached hydrogen (secondary N) is 1. The molecule has 0 aliphatic heterocycles. The predicted molar refractivity (Wildman–Crippen MR) is 136 cm³/mol. The molecule has 0 aliphatic carbocycles. The molecule has 0 aliphatic rings. The Morgan fingerprint density at radius 1 is 0.917 bits per heavy atom. The summed E-state index contributed by atoms with van der Waals surface area (Å²) in [7, 11) is 1.53. The molecule has 3 aromatic carbocycles. The Balaban J connectivity index is 0.00000176. The van der Waals surface area contributed by atoms with Crippen molar-refractivity contribution in [3.63, 3.8) is 0 Å². The minimum atomic E-state index is -1.18. The Labute approximate surface area is 208 Å². The molecular weight excluding hydrogens is 462 g/mol. The molecule has 0 bridgehead atoms. The Kier molecular flexibility index (Phi) is 8.46. The molecule has 1 aromatic heterocycles. The first-order valence-corrected chi connectivity index (χ1v) is 11.4. The van der Waals surface area contributed by atoms with Crippen LogP contribution in [0.4, 0.5) is 0 Å². The van der Waals surface area contributed by atoms with Crippen molar-refractivity contribution in [1.29, 1.82) is 0 Å². The number of fused-ring (bicyclic) bond motifs is 1. The van der Waals surface area contributed by atoms with Crippen LogP contribution in [0.1, 0.15) is 40.3 Å². The second kappa shape index (κ2) is 11.7. The van der Waals surface area contributed by atoms with E-state index in [1.807, 2.05) is 13.8 Å². The molecule has 1 unspecified atom stereocenters. The second-order valence-electron chi connectivity index (χ2n) is 7.67. The van der Waals surface area contributed by atoms with Gasteiger partial charge in [0.05, 0.1) is 12.7 Å². The lowest BCUT2D eigenvalue weighted by Gasteiger charge is -2.14. The van der Waals surface area contributed by atoms with E-state index in [1.54, 1.807) is 60.7 Å². The highest BCUT2D eigenvalue weighted by Crippen LogP contribution is 2.25. The molecule has 0 saturated carbocycles. The van der Waals surface area contributed by atoms with Gasteiger partial charge in [-0.25, -0.2) is 9.59 Å². The maximum absolute atomic E-state index is 12.7. The first-order valence-electron chi connectivity index (χ1n) is 11.4. The number of benzene rings is 3. The van der Waals surface area contributed by atoms with Crippen LogP contribution in [-0.2, 0) is 11.2 Å². The normalized spacial score (nSPS) is 11.2. The van der Waals surface area contributed by atoms with Gasteiger partial charge in [0.2, 0.25) is 0 Å². The van der Waals surface area contributed by atoms with Crippen molar-refractivity contribution >= 4 is 28.8 Å². The van der Waals surface area contributed by atoms with Crippen molar-refractivity contribution < 1.29 is 33.8 Å². The maximum atomic E-state index is 12.7. The van der Waals surface area contributed by atoms with Gasteiger partial charge in [-0.15, -0.1) is 0 Å². The molecule has 0 saturated heterocycles. The van der Waals surface area contributed by atoms with Gasteiger partial charge in [0.25, 0.3) is 5.91 Å². The molecule has 1 atom stereocenters. The molecule has 8 nitrogen and oxygen atoms in total. The van der Waals surface area contributed by atoms with Gasteiger partial charge in [-0.2, -0.15) is 0 Å². The molecule has 0 radical (unpaired) electrons. The number of methoxy groups -OCH3 is 1. The standard InChI is InChI=1S/C26H21NO7.C2H6/c1-33-20-9-10-22-19(13-20)14-23(34-22)24(28)27-21(26(31)32)11-15-5-7-16(8-6-15)17-3-2-4-18(12-17)25(29)30;1-2/h2-10,12-14,21H,11H2,1H3,(H,27,28)(H,29,30)(H,31,32);1-2H3. The molecule has 0 spiro atoms. The van der Waals surface area contributed by atoms with Gasteiger partial charge in [0, 0.05) is 11.8 Å². The van der Waals surface area contributed by atoms with E-state index in [9.17, 15) is 19.5 Å². The number of carboxylic acids is 2. The van der Waals surface area contributed by atoms with Gasteiger partial charge in [0.1, 0.15) is 17.4 Å². The van der Waals surface area contributed by atoms with Crippen LogP contribution in [0.25, 0.3) is 22.1 Å². The van der Waals surface area contributed by atoms with Crippen LogP contribution in [-0.4, -0.2) is 41.2 Å². The average Bonchev–Trinajstić information content (AvgIpc) is 3.33. The Hall–Kier alpha value is -4.59. The van der Waals surface area contributed by atoms with Crippen molar-refractivity contribution in [3.05, 3.63) is 89.7 Å². The largest absolute Gasteiger partial charge is 0.497 e. The Morgan fingerprint density at radius 2 is 1.64 bits per heavy atom. The lowest BCUT2D eigenvalue weighted by atomic mass is 9.99. The number of hydrogen-bond acceptors (Lipinski definition) is 5. The second-order valence-corrected chi connectivity index (χ2v) is 7.67. The SMILES string of the molecule is CC.COc1ccc2oc(C(=O)NC(Cc3ccc(-c4cccc(C(=O)O)c4)cc3)C(=O)O)cc2c1. The van der Waals surface area contributed by atoms with E-state index in [4.69, 9.17) is 14.3 Å². The minimum Gasteiger partial charge on any atom is -0.497 e. The van der Waals surface area contributed by atoms with Crippen LogP contribution >= 0.6 is 0 Å². The molecule has 3 N–H and O–H groups in total. The first-order chi connectivity index (χ1) is 17.3. The highest BCUT2D eigenvalue weighted by Gasteiger charge is 2.23. The summed E-state index contributed by atoms with van der Waals surface area (Å²) >= 11 is 0. The highest BCUT2D eigenvalue weighted by atomic mass is 16.5. The molecule has 4 rings (SSSR count). The third kappa shape index (κ3) is 6.09. The number of rotatable bonds is 8. The first kappa shape index (κ1) is 26.0. The van der Waals surface area contributed by atoms with Crippen LogP contribution in [0.2, 0.25) is 0 Å². The summed E-state index contributed by atoms with van der Waals surface area (Å²) in [6.45, 7) is 4.00. The van der Waals surface area contributed by atoms with E-state index in [2.05, 4.69) is 5.32 Å². The van der Waals surface area contributed by atoms with Crippen LogP contribution < -0.4 is 10.1 Å². The monoisotopic (exact) mass is 489 g/mol. The number of carbonyl (C=O) groups is 3. The zero-order valence-corrected chi connectivity index (χ0v) is 20.1. The number of furan rings is 1. The van der Waals surface area contributed by atoms with Gasteiger partial charge in [0.15, 0.2) is 5.76 Å². The van der Waals surface area contributed by atoms with E-state index < -0.39 is 23.9 Å². The molecule has 8 heteroatoms. The fourth-order valence-electron chi connectivity index (χ4n) is 3.59. The summed E-state index contributed by atoms with van der Waals surface area (Å²) in [5.74, 6) is -2.21. The molecule has 0 fully saturated rings. The number of hydrogen-bond donors (Lipinski definition) is 3. The maximum Gasteiger partial charge on any atom is 0.335 e. The summed E-state index contributed by atoms with van der Waals surface area (Å²) < 4.78 is 10.7. The number of carboxylic acid groups (broad SMARTS) is 2. The van der Waals surface area contributed by atoms with Crippen molar-refractivity contribution in [3.8, 4) is 16.9 Å². The quantitative estimate of drug-likeness (QED) is 0.308. The summed E-state index contributed by atoms with van der Waals surface area (Å²) in [6.07, 6.45) is 0.0601. The minimum absolute atomic E-state index is 0.00293. The van der Waals surface area contributed by atoms with E-state index in [1.165, 1.54) is 19.2 Å². The summed E-state index contributed by atoms with van der Waals surface area (Å²) in [4.78, 5) is 35.6. The van der Waals surface area contributed by atoms with Gasteiger partial charge < -0.3 is 24.7 Å². The topological polar surface area (TPSA) is 126 Å². The number of aromatic carboxylic acids is 1. The zero-order chi connectivity index (χ0) is 26.2. The summed E-state index contributed by atoms with van der Waals surface area (Å²) in [5.41, 5.74) is 2.89. The lowest BCUT2D eigenvalue weighted by Crippen LogP contribution is -2.42. The summed E-state index contributed by atoms with van der Waals surface area (Å²) in [5, 5.41) is 22.0. The number of amides is 1. The number of aliphatic carboxylic acids is 1. The Morgan fingerprint density at radius 3 is 2.28 bits per heavy atom. The van der Waals surface area contributed by atoms with Gasteiger partial charge in [-0.1, -0.05) is 50.2 Å². The van der Waals surface area contributed by atoms with Crippen LogP contribution in [0.5, 0.6) is 5.75 Å². The van der Waals surface area contributed by atoms with Crippen LogP contribution in [0.15, 0.2) is 77.2 Å². The summed E-state index contributed by atoms with van der Waals surface area (Å²) in [6, 6.07) is 19.1. The van der Waals surface area contributed by atoms with Crippen molar-refractivity contribution in [2.75, 3.05) is 7.11 Å². The fraction of sp³-hybridized carbons (Fsp3) is 0.179. The van der Waals surface area contributed by atoms with Crippen LogP contribution in [0, 0.1) is 0 Å². The number of carbonyl (C=O) groups excluding carboxylic acids is 1. The highest BCUT2D eigenvalue weighted by molar-refractivity contribution is 5.98. The van der Waals surface area contributed by atoms with Crippen molar-refractivity contribution in [2.45, 2.75) is 26.3 Å². The van der Waals surface area contributed by atoms with Crippen molar-refractivity contribution in [2.24, 2.45) is 0 Å². The van der Waals surface area contributed by atoms with E-state index in [0.29, 0.717) is 22.3 Å². The van der Waals surface area contributed by atoms with Gasteiger partial charge in [-0.3, -0.25) is 4.79 Å². The van der Waals surface area contributed by atoms with E-state index >= 15 is 0 Å². The average molecular weight is 490 g/mol. The number of ether oxygens (including phenoxy) is 1. The smallest absolute Gasteiger partial charge is 0.335 e. The van der Waals surface area contributed by atoms with E-state index in [0.717, 1.165) is 11.1 Å². The third-order valence-electron chi connectivity index (χ3n) is 5.39. The fourth-order valence-corrected chi connectivity index (χ4v) is 3.59. The van der Waals surface area contributed by atoms with Crippen LogP contribution in [0.3, 0.4) is 0 Å². The Bertz CT molecular complexity index is 1370.